The van der Waals surface area contributed by atoms with Gasteiger partial charge in [-0.15, -0.1) is 5.10 Å². The number of benzene rings is 2. The fourth-order valence-corrected chi connectivity index (χ4v) is 4.66. The van der Waals surface area contributed by atoms with E-state index in [9.17, 15) is 9.59 Å². The summed E-state index contributed by atoms with van der Waals surface area (Å²) >= 11 is 6.20. The normalized spacial score (nSPS) is 15.9. The van der Waals surface area contributed by atoms with Crippen molar-refractivity contribution >= 4 is 35.4 Å². The highest BCUT2D eigenvalue weighted by Crippen LogP contribution is 2.29. The molecule has 2 amide bonds. The molecule has 0 unspecified atom stereocenters. The quantitative estimate of drug-likeness (QED) is 0.230. The fourth-order valence-electron chi connectivity index (χ4n) is 4.48. The lowest BCUT2D eigenvalue weighted by Crippen LogP contribution is -2.27. The van der Waals surface area contributed by atoms with Gasteiger partial charge in [-0.3, -0.25) is 10.1 Å². The van der Waals surface area contributed by atoms with Crippen molar-refractivity contribution in [3.05, 3.63) is 89.1 Å². The Balaban J connectivity index is 1.37. The summed E-state index contributed by atoms with van der Waals surface area (Å²) in [6.07, 6.45) is 13.2. The Labute approximate surface area is 235 Å². The molecule has 40 heavy (non-hydrogen) atoms. The van der Waals surface area contributed by atoms with Crippen molar-refractivity contribution in [2.24, 2.45) is 0 Å². The van der Waals surface area contributed by atoms with E-state index in [-0.39, 0.29) is 11.9 Å². The van der Waals surface area contributed by atoms with Gasteiger partial charge in [0.1, 0.15) is 12.2 Å². The van der Waals surface area contributed by atoms with Crippen LogP contribution in [-0.4, -0.2) is 49.3 Å². The molecule has 0 saturated carbocycles. The van der Waals surface area contributed by atoms with Gasteiger partial charge < -0.3 is 15.0 Å². The van der Waals surface area contributed by atoms with Crippen LogP contribution in [0.5, 0.6) is 0 Å². The van der Waals surface area contributed by atoms with Crippen LogP contribution < -0.4 is 10.6 Å². The number of halogens is 1. The van der Waals surface area contributed by atoms with E-state index >= 15 is 0 Å². The molecule has 0 saturated heterocycles. The van der Waals surface area contributed by atoms with Crippen molar-refractivity contribution in [2.75, 3.05) is 12.4 Å². The molecule has 1 aliphatic rings. The summed E-state index contributed by atoms with van der Waals surface area (Å²) in [7, 11) is 1.33. The molecule has 0 aliphatic carbocycles. The van der Waals surface area contributed by atoms with E-state index in [1.54, 1.807) is 30.5 Å². The van der Waals surface area contributed by atoms with Gasteiger partial charge in [0.15, 0.2) is 0 Å². The topological polar surface area (TPSA) is 140 Å². The van der Waals surface area contributed by atoms with Gasteiger partial charge in [0.05, 0.1) is 30.7 Å². The number of aryl methyl sites for hydroxylation is 1. The molecule has 0 radical (unpaired) electrons. The zero-order chi connectivity index (χ0) is 27.9. The van der Waals surface area contributed by atoms with Crippen LogP contribution >= 0.6 is 11.6 Å². The van der Waals surface area contributed by atoms with Gasteiger partial charge in [0.25, 0.3) is 0 Å². The average molecular weight is 559 g/mol. The first kappa shape index (κ1) is 26.8. The van der Waals surface area contributed by atoms with Gasteiger partial charge in [-0.2, -0.15) is 4.68 Å². The monoisotopic (exact) mass is 558 g/mol. The van der Waals surface area contributed by atoms with E-state index in [2.05, 4.69) is 48.3 Å². The molecule has 2 aromatic heterocycles. The zero-order valence-corrected chi connectivity index (χ0v) is 22.4. The van der Waals surface area contributed by atoms with Crippen LogP contribution in [0.15, 0.2) is 67.2 Å². The number of aromatic nitrogens is 6. The number of amides is 2. The number of aromatic amines is 1. The summed E-state index contributed by atoms with van der Waals surface area (Å²) in [5.74, 6) is 0.354. The summed E-state index contributed by atoms with van der Waals surface area (Å²) in [4.78, 5) is 32.7. The number of carbonyl (C=O) groups is 2. The van der Waals surface area contributed by atoms with Crippen molar-refractivity contribution < 1.29 is 14.3 Å². The molecular weight excluding hydrogens is 532 g/mol. The second kappa shape index (κ2) is 12.4. The first-order chi connectivity index (χ1) is 19.5. The second-order valence-corrected chi connectivity index (χ2v) is 9.56. The predicted molar refractivity (Wildman–Crippen MR) is 151 cm³/mol. The van der Waals surface area contributed by atoms with Gasteiger partial charge in [0.2, 0.25) is 5.91 Å². The SMILES string of the molecule is COC(=O)Nc1ccc2c(c1)CCC/C=C\C[C@H](NC(=O)/C=C/c1cc(Cl)ccc1-n1cnnn1)c1ncc-2[nH]1. The molecule has 2 aromatic carbocycles. The molecule has 3 heterocycles. The Morgan fingerprint density at radius 1 is 1.20 bits per heavy atom. The number of H-pyrrole nitrogens is 1. The van der Waals surface area contributed by atoms with Crippen LogP contribution in [0.2, 0.25) is 5.02 Å². The van der Waals surface area contributed by atoms with Crippen molar-refractivity contribution in [1.82, 2.24) is 35.5 Å². The number of tetrazole rings is 1. The summed E-state index contributed by atoms with van der Waals surface area (Å²) < 4.78 is 6.22. The lowest BCUT2D eigenvalue weighted by Gasteiger charge is -2.15. The van der Waals surface area contributed by atoms with Crippen molar-refractivity contribution in [2.45, 2.75) is 31.7 Å². The largest absolute Gasteiger partial charge is 0.453 e. The van der Waals surface area contributed by atoms with Gasteiger partial charge in [-0.1, -0.05) is 29.8 Å². The van der Waals surface area contributed by atoms with Crippen LogP contribution in [0, 0.1) is 0 Å². The summed E-state index contributed by atoms with van der Waals surface area (Å²) in [5, 5.41) is 17.6. The molecule has 1 atom stereocenters. The fraction of sp³-hybridized carbons (Fsp3) is 0.214. The molecule has 2 bridgehead atoms. The Kier molecular flexibility index (Phi) is 8.31. The van der Waals surface area contributed by atoms with Crippen LogP contribution in [0.25, 0.3) is 23.0 Å². The number of hydrogen-bond acceptors (Lipinski definition) is 7. The Morgan fingerprint density at radius 2 is 2.10 bits per heavy atom. The first-order valence-electron chi connectivity index (χ1n) is 12.7. The minimum atomic E-state index is -0.519. The molecule has 5 rings (SSSR count). The van der Waals surface area contributed by atoms with E-state index in [0.29, 0.717) is 34.2 Å². The second-order valence-electron chi connectivity index (χ2n) is 9.12. The van der Waals surface area contributed by atoms with Gasteiger partial charge in [-0.05, 0) is 78.1 Å². The van der Waals surface area contributed by atoms with Crippen molar-refractivity contribution in [1.29, 1.82) is 0 Å². The maximum Gasteiger partial charge on any atom is 0.411 e. The molecule has 11 nitrogen and oxygen atoms in total. The highest BCUT2D eigenvalue weighted by atomic mass is 35.5. The van der Waals surface area contributed by atoms with Crippen LogP contribution in [0.1, 0.15) is 42.3 Å². The van der Waals surface area contributed by atoms with Crippen molar-refractivity contribution in [3.8, 4) is 16.9 Å². The number of rotatable bonds is 5. The minimum Gasteiger partial charge on any atom is -0.453 e. The Bertz CT molecular complexity index is 1560. The van der Waals surface area contributed by atoms with E-state index in [0.717, 1.165) is 36.1 Å². The number of imidazole rings is 1. The molecule has 4 aromatic rings. The number of fused-ring (bicyclic) bond motifs is 4. The number of nitrogens with one attached hydrogen (secondary N) is 3. The van der Waals surface area contributed by atoms with E-state index in [1.165, 1.54) is 24.2 Å². The van der Waals surface area contributed by atoms with Crippen LogP contribution in [-0.2, 0) is 16.0 Å². The minimum absolute atomic E-state index is 0.287. The summed E-state index contributed by atoms with van der Waals surface area (Å²) in [6.45, 7) is 0. The number of ether oxygens (including phenoxy) is 1. The molecule has 3 N–H and O–H groups in total. The number of methoxy groups -OCH3 is 1. The third kappa shape index (κ3) is 6.44. The van der Waals surface area contributed by atoms with Crippen molar-refractivity contribution in [3.63, 3.8) is 0 Å². The number of allylic oxidation sites excluding steroid dienone is 1. The summed E-state index contributed by atoms with van der Waals surface area (Å²) in [5.41, 5.74) is 4.92. The average Bonchev–Trinajstić information content (AvgIpc) is 3.66. The third-order valence-corrected chi connectivity index (χ3v) is 6.66. The predicted octanol–water partition coefficient (Wildman–Crippen LogP) is 5.04. The highest BCUT2D eigenvalue weighted by molar-refractivity contribution is 6.30. The van der Waals surface area contributed by atoms with Crippen LogP contribution in [0.4, 0.5) is 10.5 Å². The molecule has 204 valence electrons. The maximum atomic E-state index is 13.0. The van der Waals surface area contributed by atoms with Crippen LogP contribution in [0.3, 0.4) is 0 Å². The number of carbonyl (C=O) groups excluding carboxylic acids is 2. The standard InChI is InChI=1S/C28H27ClN8O3/c1-40-28(39)32-21-10-11-22-18(15-21)6-4-2-3-5-7-23(27-30-16-24(22)34-27)33-26(38)13-8-19-14-20(29)9-12-25(19)37-17-31-35-36-37/h3,5,8-17,23H,2,4,6-7H2,1H3,(H,30,34)(H,32,39)(H,33,38)/b5-3-,13-8+/t23-/m0/s1. The summed E-state index contributed by atoms with van der Waals surface area (Å²) in [6, 6.07) is 10.6. The maximum absolute atomic E-state index is 13.0. The van der Waals surface area contributed by atoms with E-state index in [4.69, 9.17) is 16.3 Å². The third-order valence-electron chi connectivity index (χ3n) is 6.42. The zero-order valence-electron chi connectivity index (χ0n) is 21.7. The number of hydrogen-bond donors (Lipinski definition) is 3. The smallest absolute Gasteiger partial charge is 0.411 e. The number of anilines is 1. The molecule has 0 spiro atoms. The lowest BCUT2D eigenvalue weighted by molar-refractivity contribution is -0.117. The van der Waals surface area contributed by atoms with Gasteiger partial charge >= 0.3 is 6.09 Å². The number of nitrogens with zero attached hydrogens (tertiary/aromatic N) is 5. The molecule has 1 aliphatic heterocycles. The molecule has 0 fully saturated rings. The van der Waals surface area contributed by atoms with E-state index < -0.39 is 6.09 Å². The molecular formula is C28H27ClN8O3. The molecule has 12 heteroatoms. The first-order valence-corrected chi connectivity index (χ1v) is 13.1. The van der Waals surface area contributed by atoms with Gasteiger partial charge in [0, 0.05) is 27.9 Å². The van der Waals surface area contributed by atoms with E-state index in [1.807, 2.05) is 18.2 Å². The van der Waals surface area contributed by atoms with Gasteiger partial charge in [-0.25, -0.2) is 9.78 Å². The Morgan fingerprint density at radius 3 is 2.92 bits per heavy atom. The Hall–Kier alpha value is -4.77. The lowest BCUT2D eigenvalue weighted by atomic mass is 9.98. The highest BCUT2D eigenvalue weighted by Gasteiger charge is 2.18.